The van der Waals surface area contributed by atoms with E-state index in [4.69, 9.17) is 33.2 Å². The molecule has 0 bridgehead atoms. The molecule has 30 heavy (non-hydrogen) atoms. The second-order valence-electron chi connectivity index (χ2n) is 9.08. The number of cyclic esters (lactones) is 1. The molecule has 4 saturated heterocycles. The summed E-state index contributed by atoms with van der Waals surface area (Å²) in [6, 6.07) is 0. The molecule has 0 aromatic carbocycles. The molecule has 0 radical (unpaired) electrons. The molecule has 6 unspecified atom stereocenters. The highest BCUT2D eigenvalue weighted by atomic mass is 16.8. The molecule has 0 amide bonds. The Labute approximate surface area is 174 Å². The minimum absolute atomic E-state index is 0.0416. The average molecular weight is 424 g/mol. The first-order valence-electron chi connectivity index (χ1n) is 10.3. The molecule has 4 heterocycles. The quantitative estimate of drug-likeness (QED) is 0.486. The predicted octanol–water partition coefficient (Wildman–Crippen LogP) is 1.15. The number of hydrogen-bond acceptors (Lipinski definition) is 9. The van der Waals surface area contributed by atoms with E-state index in [1.165, 1.54) is 0 Å². The molecule has 166 valence electrons. The minimum atomic E-state index is -1.56. The maximum atomic E-state index is 13.4. The van der Waals surface area contributed by atoms with Gasteiger partial charge in [-0.1, -0.05) is 12.2 Å². The van der Waals surface area contributed by atoms with E-state index in [2.05, 4.69) is 6.58 Å². The summed E-state index contributed by atoms with van der Waals surface area (Å²) < 4.78 is 41.2. The van der Waals surface area contributed by atoms with E-state index >= 15 is 0 Å². The Morgan fingerprint density at radius 1 is 1.23 bits per heavy atom. The zero-order valence-corrected chi connectivity index (χ0v) is 17.7. The lowest BCUT2D eigenvalue weighted by atomic mass is 9.51. The van der Waals surface area contributed by atoms with Gasteiger partial charge in [0, 0.05) is 20.6 Å². The van der Waals surface area contributed by atoms with E-state index in [0.717, 1.165) is 5.57 Å². The molecule has 4 aliphatic heterocycles. The fraction of sp³-hybridized carbons (Fsp3) is 0.810. The van der Waals surface area contributed by atoms with Gasteiger partial charge in [-0.25, -0.2) is 4.79 Å². The van der Waals surface area contributed by atoms with Crippen LogP contribution in [0.25, 0.3) is 0 Å². The minimum Gasteiger partial charge on any atom is -0.460 e. The summed E-state index contributed by atoms with van der Waals surface area (Å²) >= 11 is 0. The van der Waals surface area contributed by atoms with Crippen LogP contribution < -0.4 is 0 Å². The molecule has 0 aromatic heterocycles. The van der Waals surface area contributed by atoms with E-state index in [1.807, 2.05) is 6.92 Å². The molecule has 2 spiro atoms. The van der Waals surface area contributed by atoms with E-state index in [0.29, 0.717) is 12.8 Å². The van der Waals surface area contributed by atoms with Gasteiger partial charge in [0.25, 0.3) is 0 Å². The topological polar surface area (TPSA) is 98.8 Å². The fourth-order valence-corrected chi connectivity index (χ4v) is 7.17. The molecule has 0 N–H and O–H groups in total. The summed E-state index contributed by atoms with van der Waals surface area (Å²) in [5.74, 6) is -2.14. The molecular weight excluding hydrogens is 396 g/mol. The molecule has 5 rings (SSSR count). The van der Waals surface area contributed by atoms with Gasteiger partial charge in [0.05, 0.1) is 23.4 Å². The molecule has 0 aromatic rings. The van der Waals surface area contributed by atoms with Crippen molar-refractivity contribution >= 4 is 11.9 Å². The van der Waals surface area contributed by atoms with Gasteiger partial charge < -0.3 is 33.2 Å². The van der Waals surface area contributed by atoms with Gasteiger partial charge in [0.1, 0.15) is 12.2 Å². The average Bonchev–Trinajstić information content (AvgIpc) is 3.20. The summed E-state index contributed by atoms with van der Waals surface area (Å²) in [6.45, 7) is 7.96. The number of ether oxygens (including phenoxy) is 7. The normalized spacial score (nSPS) is 51.5. The van der Waals surface area contributed by atoms with Gasteiger partial charge in [0.15, 0.2) is 25.0 Å². The van der Waals surface area contributed by atoms with Gasteiger partial charge in [-0.2, -0.15) is 0 Å². The first-order valence-corrected chi connectivity index (χ1v) is 10.3. The van der Waals surface area contributed by atoms with Crippen LogP contribution in [0.3, 0.4) is 0 Å². The van der Waals surface area contributed by atoms with Crippen LogP contribution in [0.1, 0.15) is 26.7 Å². The highest BCUT2D eigenvalue weighted by Gasteiger charge is 2.92. The van der Waals surface area contributed by atoms with Crippen LogP contribution in [0.2, 0.25) is 0 Å². The largest absolute Gasteiger partial charge is 0.460 e. The van der Waals surface area contributed by atoms with Crippen LogP contribution in [0, 0.1) is 22.7 Å². The van der Waals surface area contributed by atoms with Crippen molar-refractivity contribution in [3.05, 3.63) is 12.2 Å². The smallest absolute Gasteiger partial charge is 0.340 e. The molecular formula is C21H28O9. The van der Waals surface area contributed by atoms with Crippen molar-refractivity contribution in [3.63, 3.8) is 0 Å². The van der Waals surface area contributed by atoms with Crippen LogP contribution in [0.4, 0.5) is 0 Å². The number of methoxy groups -OCH3 is 2. The molecule has 5 aliphatic rings. The molecule has 1 saturated carbocycles. The lowest BCUT2D eigenvalue weighted by Gasteiger charge is -2.52. The maximum absolute atomic E-state index is 13.4. The first-order chi connectivity index (χ1) is 14.3. The maximum Gasteiger partial charge on any atom is 0.340 e. The van der Waals surface area contributed by atoms with Crippen LogP contribution in [0.5, 0.6) is 0 Å². The van der Waals surface area contributed by atoms with Crippen molar-refractivity contribution in [1.82, 2.24) is 0 Å². The first kappa shape index (κ1) is 20.4. The number of carbonyl (C=O) groups is 2. The molecule has 9 atom stereocenters. The summed E-state index contributed by atoms with van der Waals surface area (Å²) in [7, 11) is 3.11. The van der Waals surface area contributed by atoms with Gasteiger partial charge in [-0.05, 0) is 26.2 Å². The van der Waals surface area contributed by atoms with Crippen LogP contribution in [-0.4, -0.2) is 69.9 Å². The third kappa shape index (κ3) is 1.97. The van der Waals surface area contributed by atoms with Gasteiger partial charge in [0.2, 0.25) is 0 Å². The molecule has 9 nitrogen and oxygen atoms in total. The second-order valence-corrected chi connectivity index (χ2v) is 9.08. The zero-order chi connectivity index (χ0) is 21.5. The lowest BCUT2D eigenvalue weighted by molar-refractivity contribution is -0.368. The van der Waals surface area contributed by atoms with Gasteiger partial charge >= 0.3 is 11.9 Å². The Bertz CT molecular complexity index is 797. The van der Waals surface area contributed by atoms with Crippen molar-refractivity contribution < 1.29 is 42.7 Å². The summed E-state index contributed by atoms with van der Waals surface area (Å²) in [5, 5.41) is 0. The third-order valence-corrected chi connectivity index (χ3v) is 8.03. The van der Waals surface area contributed by atoms with E-state index < -0.39 is 59.1 Å². The highest BCUT2D eigenvalue weighted by Crippen LogP contribution is 2.79. The van der Waals surface area contributed by atoms with Crippen molar-refractivity contribution in [2.75, 3.05) is 27.6 Å². The highest BCUT2D eigenvalue weighted by molar-refractivity contribution is 5.92. The fourth-order valence-electron chi connectivity index (χ4n) is 7.17. The zero-order valence-electron chi connectivity index (χ0n) is 17.7. The number of rotatable bonds is 4. The number of hydrogen-bond donors (Lipinski definition) is 0. The van der Waals surface area contributed by atoms with Crippen LogP contribution in [0.15, 0.2) is 12.2 Å². The number of esters is 2. The van der Waals surface area contributed by atoms with Crippen molar-refractivity contribution in [1.29, 1.82) is 0 Å². The SMILES string of the molecule is C=C(C)[C@@H]1CC2OC(=O)C34OC5OCO[C@H](OC)C51C23CC(COC)OC(=O)[C@H]4C. The van der Waals surface area contributed by atoms with Crippen LogP contribution in [-0.2, 0) is 42.7 Å². The summed E-state index contributed by atoms with van der Waals surface area (Å²) in [4.78, 5) is 26.5. The summed E-state index contributed by atoms with van der Waals surface area (Å²) in [5.41, 5.74) is -2.57. The number of carbonyl (C=O) groups excluding carboxylic acids is 2. The molecule has 1 aliphatic carbocycles. The standard InChI is InChI=1S/C21H28O9/c1-10(2)13-6-14-19-7-12(8-24-4)28-15(22)11(3)21(19,16(23)29-14)30-18-20(13,19)17(25-5)26-9-27-18/h11-14,17-18H,1,6-9H2,2-5H3/t11-,12?,13+,14?,17+,18?,19?,20?,21?/m1/s1. The number of allylic oxidation sites excluding steroid dienone is 1. The lowest BCUT2D eigenvalue weighted by Crippen LogP contribution is -2.64. The summed E-state index contributed by atoms with van der Waals surface area (Å²) in [6.07, 6.45) is -1.81. The van der Waals surface area contributed by atoms with Gasteiger partial charge in [-0.15, -0.1) is 0 Å². The Kier molecular flexibility index (Phi) is 4.41. The second kappa shape index (κ2) is 6.49. The van der Waals surface area contributed by atoms with Crippen molar-refractivity contribution in [2.45, 2.75) is 57.1 Å². The Balaban J connectivity index is 1.82. The molecule has 9 heteroatoms. The monoisotopic (exact) mass is 424 g/mol. The van der Waals surface area contributed by atoms with E-state index in [-0.39, 0.29) is 19.3 Å². The van der Waals surface area contributed by atoms with E-state index in [1.54, 1.807) is 21.1 Å². The van der Waals surface area contributed by atoms with Crippen molar-refractivity contribution in [2.24, 2.45) is 22.7 Å². The Morgan fingerprint density at radius 2 is 2.00 bits per heavy atom. The van der Waals surface area contributed by atoms with Gasteiger partial charge in [-0.3, -0.25) is 4.79 Å². The third-order valence-electron chi connectivity index (χ3n) is 8.03. The predicted molar refractivity (Wildman–Crippen MR) is 98.6 cm³/mol. The molecule has 5 fully saturated rings. The van der Waals surface area contributed by atoms with E-state index in [9.17, 15) is 9.59 Å². The van der Waals surface area contributed by atoms with Crippen LogP contribution >= 0.6 is 0 Å². The Morgan fingerprint density at radius 3 is 2.67 bits per heavy atom. The van der Waals surface area contributed by atoms with Crippen molar-refractivity contribution in [3.8, 4) is 0 Å². The Hall–Kier alpha value is -1.52.